The van der Waals surface area contributed by atoms with Gasteiger partial charge in [0.15, 0.2) is 0 Å². The molecule has 2 nitrogen and oxygen atoms in total. The predicted molar refractivity (Wildman–Crippen MR) is 79.3 cm³/mol. The number of aryl methyl sites for hydroxylation is 1. The Bertz CT molecular complexity index is 596. The summed E-state index contributed by atoms with van der Waals surface area (Å²) in [4.78, 5) is 0. The topological polar surface area (TPSA) is 25.2 Å². The largest absolute Gasteiger partial charge is 0.459 e. The van der Waals surface area contributed by atoms with Gasteiger partial charge < -0.3 is 9.73 Å². The molecule has 2 aromatic rings. The summed E-state index contributed by atoms with van der Waals surface area (Å²) in [6, 6.07) is 8.95. The molecule has 1 saturated carbocycles. The van der Waals surface area contributed by atoms with E-state index >= 15 is 0 Å². The van der Waals surface area contributed by atoms with Crippen LogP contribution < -0.4 is 5.32 Å². The zero-order chi connectivity index (χ0) is 13.6. The first kappa shape index (κ1) is 12.7. The van der Waals surface area contributed by atoms with E-state index in [4.69, 9.17) is 4.42 Å². The molecule has 1 fully saturated rings. The van der Waals surface area contributed by atoms with Crippen LogP contribution in [0.2, 0.25) is 0 Å². The van der Waals surface area contributed by atoms with Gasteiger partial charge in [-0.15, -0.1) is 0 Å². The quantitative estimate of drug-likeness (QED) is 0.876. The van der Waals surface area contributed by atoms with Gasteiger partial charge in [0.1, 0.15) is 11.3 Å². The van der Waals surface area contributed by atoms with E-state index in [-0.39, 0.29) is 0 Å². The normalized spacial score (nSPS) is 22.6. The molecule has 1 heterocycles. The Morgan fingerprint density at radius 2 is 2.11 bits per heavy atom. The van der Waals surface area contributed by atoms with Gasteiger partial charge in [-0.05, 0) is 49.4 Å². The summed E-state index contributed by atoms with van der Waals surface area (Å²) >= 11 is 0. The smallest absolute Gasteiger partial charge is 0.134 e. The first-order valence-electron chi connectivity index (χ1n) is 7.25. The van der Waals surface area contributed by atoms with Crippen LogP contribution >= 0.6 is 0 Å². The van der Waals surface area contributed by atoms with Gasteiger partial charge in [-0.2, -0.15) is 0 Å². The highest BCUT2D eigenvalue weighted by Gasteiger charge is 2.51. The van der Waals surface area contributed by atoms with Crippen molar-refractivity contribution in [1.82, 2.24) is 5.32 Å². The second-order valence-corrected chi connectivity index (χ2v) is 6.52. The lowest BCUT2D eigenvalue weighted by molar-refractivity contribution is 0.364. The monoisotopic (exact) mass is 257 g/mol. The third kappa shape index (κ3) is 2.30. The van der Waals surface area contributed by atoms with Gasteiger partial charge in [0.05, 0.1) is 6.04 Å². The Labute approximate surface area is 115 Å². The molecule has 1 aliphatic rings. The molecule has 1 N–H and O–H groups in total. The number of hydrogen-bond donors (Lipinski definition) is 1. The SMILES string of the molecule is CCNC(c1cc2cc(C)ccc2o1)C1CC1(C)C. The van der Waals surface area contributed by atoms with Crippen LogP contribution in [0.15, 0.2) is 28.7 Å². The number of hydrogen-bond acceptors (Lipinski definition) is 2. The Hall–Kier alpha value is -1.28. The Morgan fingerprint density at radius 3 is 2.74 bits per heavy atom. The van der Waals surface area contributed by atoms with Crippen LogP contribution in [0.3, 0.4) is 0 Å². The second-order valence-electron chi connectivity index (χ2n) is 6.52. The maximum Gasteiger partial charge on any atom is 0.134 e. The lowest BCUT2D eigenvalue weighted by atomic mass is 10.0. The molecule has 0 bridgehead atoms. The Balaban J connectivity index is 1.96. The number of nitrogens with one attached hydrogen (secondary N) is 1. The summed E-state index contributed by atoms with van der Waals surface area (Å²) in [6.07, 6.45) is 1.28. The van der Waals surface area contributed by atoms with E-state index in [2.05, 4.69) is 57.3 Å². The number of benzene rings is 1. The summed E-state index contributed by atoms with van der Waals surface area (Å²) in [5.41, 5.74) is 2.73. The van der Waals surface area contributed by atoms with Gasteiger partial charge in [-0.25, -0.2) is 0 Å². The average molecular weight is 257 g/mol. The van der Waals surface area contributed by atoms with Gasteiger partial charge in [-0.1, -0.05) is 32.4 Å². The van der Waals surface area contributed by atoms with Crippen LogP contribution in [0.5, 0.6) is 0 Å². The molecule has 1 aliphatic carbocycles. The van der Waals surface area contributed by atoms with Crippen molar-refractivity contribution in [2.45, 2.75) is 40.2 Å². The van der Waals surface area contributed by atoms with Crippen LogP contribution in [0, 0.1) is 18.3 Å². The van der Waals surface area contributed by atoms with E-state index in [9.17, 15) is 0 Å². The lowest BCUT2D eigenvalue weighted by Crippen LogP contribution is -2.23. The maximum atomic E-state index is 6.07. The minimum atomic E-state index is 0.354. The van der Waals surface area contributed by atoms with Crippen molar-refractivity contribution < 1.29 is 4.42 Å². The third-order valence-electron chi connectivity index (χ3n) is 4.41. The van der Waals surface area contributed by atoms with Crippen molar-refractivity contribution in [2.24, 2.45) is 11.3 Å². The maximum absolute atomic E-state index is 6.07. The summed E-state index contributed by atoms with van der Waals surface area (Å²) in [6.45, 7) is 9.95. The first-order valence-corrected chi connectivity index (χ1v) is 7.25. The third-order valence-corrected chi connectivity index (χ3v) is 4.41. The van der Waals surface area contributed by atoms with E-state index in [1.54, 1.807) is 0 Å². The van der Waals surface area contributed by atoms with Crippen molar-refractivity contribution in [3.63, 3.8) is 0 Å². The van der Waals surface area contributed by atoms with Gasteiger partial charge in [0.2, 0.25) is 0 Å². The van der Waals surface area contributed by atoms with Crippen molar-refractivity contribution in [3.05, 3.63) is 35.6 Å². The summed E-state index contributed by atoms with van der Waals surface area (Å²) < 4.78 is 6.07. The van der Waals surface area contributed by atoms with Crippen LogP contribution in [0.25, 0.3) is 11.0 Å². The summed E-state index contributed by atoms with van der Waals surface area (Å²) in [7, 11) is 0. The lowest BCUT2D eigenvalue weighted by Gasteiger charge is -2.17. The highest BCUT2D eigenvalue weighted by molar-refractivity contribution is 5.78. The standard InChI is InChI=1S/C17H23NO/c1-5-18-16(13-10-17(13,3)4)15-9-12-8-11(2)6-7-14(12)19-15/h6-9,13,16,18H,5,10H2,1-4H3. The van der Waals surface area contributed by atoms with E-state index in [0.717, 1.165) is 17.9 Å². The molecule has 0 amide bonds. The zero-order valence-corrected chi connectivity index (χ0v) is 12.3. The molecule has 2 heteroatoms. The molecule has 0 aliphatic heterocycles. The van der Waals surface area contributed by atoms with Crippen molar-refractivity contribution in [2.75, 3.05) is 6.54 Å². The molecule has 2 unspecified atom stereocenters. The summed E-state index contributed by atoms with van der Waals surface area (Å²) in [5, 5.41) is 4.82. The fraction of sp³-hybridized carbons (Fsp3) is 0.529. The molecule has 3 rings (SSSR count). The van der Waals surface area contributed by atoms with Crippen molar-refractivity contribution in [3.8, 4) is 0 Å². The minimum Gasteiger partial charge on any atom is -0.459 e. The van der Waals surface area contributed by atoms with Crippen LogP contribution in [-0.2, 0) is 0 Å². The number of furan rings is 1. The second kappa shape index (κ2) is 4.38. The molecule has 1 aromatic heterocycles. The molecule has 102 valence electrons. The average Bonchev–Trinajstić information content (AvgIpc) is 2.81. The summed E-state index contributed by atoms with van der Waals surface area (Å²) in [5.74, 6) is 1.78. The van der Waals surface area contributed by atoms with E-state index in [1.165, 1.54) is 17.4 Å². The molecule has 2 atom stereocenters. The highest BCUT2D eigenvalue weighted by atomic mass is 16.3. The van der Waals surface area contributed by atoms with Crippen molar-refractivity contribution >= 4 is 11.0 Å². The van der Waals surface area contributed by atoms with E-state index in [0.29, 0.717) is 17.4 Å². The van der Waals surface area contributed by atoms with Gasteiger partial charge in [-0.3, -0.25) is 0 Å². The molecule has 0 radical (unpaired) electrons. The van der Waals surface area contributed by atoms with Gasteiger partial charge in [0, 0.05) is 5.39 Å². The minimum absolute atomic E-state index is 0.354. The van der Waals surface area contributed by atoms with Crippen LogP contribution in [0.4, 0.5) is 0 Å². The van der Waals surface area contributed by atoms with Crippen molar-refractivity contribution in [1.29, 1.82) is 0 Å². The molecular formula is C17H23NO. The predicted octanol–water partition coefficient (Wildman–Crippen LogP) is 4.44. The van der Waals surface area contributed by atoms with E-state index < -0.39 is 0 Å². The highest BCUT2D eigenvalue weighted by Crippen LogP contribution is 2.58. The number of rotatable bonds is 4. The van der Waals surface area contributed by atoms with E-state index in [1.807, 2.05) is 0 Å². The first-order chi connectivity index (χ1) is 9.01. The van der Waals surface area contributed by atoms with Crippen LogP contribution in [0.1, 0.15) is 44.6 Å². The molecule has 1 aromatic carbocycles. The number of fused-ring (bicyclic) bond motifs is 1. The zero-order valence-electron chi connectivity index (χ0n) is 12.3. The molecule has 0 saturated heterocycles. The fourth-order valence-corrected chi connectivity index (χ4v) is 3.07. The molecule has 0 spiro atoms. The van der Waals surface area contributed by atoms with Gasteiger partial charge in [0.25, 0.3) is 0 Å². The van der Waals surface area contributed by atoms with Crippen LogP contribution in [-0.4, -0.2) is 6.54 Å². The fourth-order valence-electron chi connectivity index (χ4n) is 3.07. The Kier molecular flexibility index (Phi) is 2.94. The van der Waals surface area contributed by atoms with Gasteiger partial charge >= 0.3 is 0 Å². The molecule has 19 heavy (non-hydrogen) atoms. The Morgan fingerprint density at radius 1 is 1.37 bits per heavy atom. The molecular weight excluding hydrogens is 234 g/mol.